The van der Waals surface area contributed by atoms with E-state index in [2.05, 4.69) is 29.5 Å². The topological polar surface area (TPSA) is 80.0 Å². The molecule has 6 nitrogen and oxygen atoms in total. The Morgan fingerprint density at radius 2 is 2.04 bits per heavy atom. The lowest BCUT2D eigenvalue weighted by molar-refractivity contribution is 0.0690. The summed E-state index contributed by atoms with van der Waals surface area (Å²) in [6.45, 7) is 4.71. The van der Waals surface area contributed by atoms with E-state index in [9.17, 15) is 4.79 Å². The number of carbonyl (C=O) groups is 1. The highest BCUT2D eigenvalue weighted by Crippen LogP contribution is 2.39. The van der Waals surface area contributed by atoms with E-state index >= 15 is 0 Å². The Labute approximate surface area is 144 Å². The lowest BCUT2D eigenvalue weighted by Gasteiger charge is -2.40. The number of hydrogen-bond donors (Lipinski definition) is 2. The van der Waals surface area contributed by atoms with Crippen LogP contribution in [0.25, 0.3) is 0 Å². The van der Waals surface area contributed by atoms with Gasteiger partial charge in [-0.15, -0.1) is 5.10 Å². The molecule has 2 N–H and O–H groups in total. The summed E-state index contributed by atoms with van der Waals surface area (Å²) < 4.78 is 1.78. The molecule has 134 valence electrons. The van der Waals surface area contributed by atoms with Crippen LogP contribution < -0.4 is 5.32 Å². The van der Waals surface area contributed by atoms with Gasteiger partial charge >= 0.3 is 5.97 Å². The first kappa shape index (κ1) is 17.4. The van der Waals surface area contributed by atoms with Crippen molar-refractivity contribution in [3.63, 3.8) is 0 Å². The van der Waals surface area contributed by atoms with Crippen LogP contribution in [0, 0.1) is 5.41 Å². The van der Waals surface area contributed by atoms with Crippen LogP contribution in [0.4, 0.5) is 0 Å². The molecule has 3 rings (SSSR count). The van der Waals surface area contributed by atoms with Crippen LogP contribution in [0.3, 0.4) is 0 Å². The van der Waals surface area contributed by atoms with E-state index in [0.717, 1.165) is 12.8 Å². The third-order valence-electron chi connectivity index (χ3n) is 6.29. The van der Waals surface area contributed by atoms with Crippen LogP contribution in [-0.2, 0) is 0 Å². The number of rotatable bonds is 5. The third-order valence-corrected chi connectivity index (χ3v) is 6.29. The Bertz CT molecular complexity index is 563. The molecule has 2 aliphatic rings. The first-order valence-electron chi connectivity index (χ1n) is 9.42. The van der Waals surface area contributed by atoms with Crippen LogP contribution in [0.2, 0.25) is 0 Å². The zero-order chi connectivity index (χ0) is 17.2. The third kappa shape index (κ3) is 3.79. The van der Waals surface area contributed by atoms with Crippen molar-refractivity contribution >= 4 is 5.97 Å². The molecule has 0 bridgehead atoms. The van der Waals surface area contributed by atoms with Gasteiger partial charge in [0, 0.05) is 12.1 Å². The fourth-order valence-electron chi connectivity index (χ4n) is 4.30. The summed E-state index contributed by atoms with van der Waals surface area (Å²) in [7, 11) is 0. The van der Waals surface area contributed by atoms with E-state index in [1.165, 1.54) is 44.9 Å². The van der Waals surface area contributed by atoms with Gasteiger partial charge in [0.1, 0.15) is 0 Å². The number of aromatic carboxylic acids is 1. The van der Waals surface area contributed by atoms with Crippen LogP contribution in [0.5, 0.6) is 0 Å². The highest BCUT2D eigenvalue weighted by Gasteiger charge is 2.33. The molecule has 0 saturated heterocycles. The molecule has 6 heteroatoms. The van der Waals surface area contributed by atoms with Gasteiger partial charge in [-0.3, -0.25) is 0 Å². The summed E-state index contributed by atoms with van der Waals surface area (Å²) in [5.41, 5.74) is 0.558. The van der Waals surface area contributed by atoms with Gasteiger partial charge in [-0.2, -0.15) is 0 Å². The Balaban J connectivity index is 1.63. The van der Waals surface area contributed by atoms with Gasteiger partial charge in [0.2, 0.25) is 0 Å². The molecule has 0 unspecified atom stereocenters. The summed E-state index contributed by atoms with van der Waals surface area (Å²) >= 11 is 0. The Hall–Kier alpha value is -1.43. The van der Waals surface area contributed by atoms with Gasteiger partial charge < -0.3 is 10.4 Å². The van der Waals surface area contributed by atoms with E-state index in [-0.39, 0.29) is 11.7 Å². The molecule has 2 atom stereocenters. The predicted molar refractivity (Wildman–Crippen MR) is 92.1 cm³/mol. The molecule has 1 aromatic rings. The first-order chi connectivity index (χ1) is 11.5. The molecule has 2 saturated carbocycles. The van der Waals surface area contributed by atoms with Crippen molar-refractivity contribution in [2.24, 2.45) is 5.41 Å². The zero-order valence-electron chi connectivity index (χ0n) is 14.9. The molecule has 1 aromatic heterocycles. The monoisotopic (exact) mass is 334 g/mol. The lowest BCUT2D eigenvalue weighted by Crippen LogP contribution is -2.47. The van der Waals surface area contributed by atoms with E-state index in [4.69, 9.17) is 5.11 Å². The Morgan fingerprint density at radius 1 is 1.33 bits per heavy atom. The van der Waals surface area contributed by atoms with Gasteiger partial charge in [0.05, 0.1) is 12.2 Å². The molecule has 0 aliphatic heterocycles. The molecule has 24 heavy (non-hydrogen) atoms. The van der Waals surface area contributed by atoms with Gasteiger partial charge in [-0.1, -0.05) is 38.3 Å². The average Bonchev–Trinajstić information content (AvgIpc) is 3.08. The number of aromatic nitrogens is 3. The van der Waals surface area contributed by atoms with Crippen molar-refractivity contribution in [1.29, 1.82) is 0 Å². The standard InChI is InChI=1S/C18H30N4O2/c1-3-18(2)10-8-13(9-11-18)19-14-6-4-5-7-16(14)22-12-15(17(23)24)20-21-22/h12-14,16,19H,3-11H2,1-2H3,(H,23,24)/t13?,14-,16+,18?/m1/s1. The van der Waals surface area contributed by atoms with Gasteiger partial charge in [0.25, 0.3) is 0 Å². The highest BCUT2D eigenvalue weighted by molar-refractivity contribution is 5.84. The van der Waals surface area contributed by atoms with Gasteiger partial charge in [-0.25, -0.2) is 9.48 Å². The fraction of sp³-hybridized carbons (Fsp3) is 0.833. The number of nitrogens with zero attached hydrogens (tertiary/aromatic N) is 3. The van der Waals surface area contributed by atoms with Crippen LogP contribution in [0.15, 0.2) is 6.20 Å². The van der Waals surface area contributed by atoms with E-state index in [1.807, 2.05) is 0 Å². The quantitative estimate of drug-likeness (QED) is 0.862. The van der Waals surface area contributed by atoms with Gasteiger partial charge in [0.15, 0.2) is 5.69 Å². The normalized spacial score (nSPS) is 34.2. The van der Waals surface area contributed by atoms with Crippen molar-refractivity contribution < 1.29 is 9.90 Å². The molecule has 0 amide bonds. The molecular formula is C18H30N4O2. The highest BCUT2D eigenvalue weighted by atomic mass is 16.4. The smallest absolute Gasteiger partial charge is 0.358 e. The predicted octanol–water partition coefficient (Wildman–Crippen LogP) is 3.41. The summed E-state index contributed by atoms with van der Waals surface area (Å²) in [6, 6.07) is 1.18. The molecule has 0 aromatic carbocycles. The molecule has 2 fully saturated rings. The van der Waals surface area contributed by atoms with Crippen molar-refractivity contribution in [1.82, 2.24) is 20.3 Å². The number of carboxylic acids is 1. The Morgan fingerprint density at radius 3 is 2.67 bits per heavy atom. The van der Waals surface area contributed by atoms with E-state index < -0.39 is 5.97 Å². The largest absolute Gasteiger partial charge is 0.476 e. The minimum Gasteiger partial charge on any atom is -0.476 e. The summed E-state index contributed by atoms with van der Waals surface area (Å²) in [5, 5.41) is 20.8. The number of hydrogen-bond acceptors (Lipinski definition) is 4. The SMILES string of the molecule is CCC1(C)CCC(N[C@@H]2CCCC[C@@H]2n2cc(C(=O)O)nn2)CC1. The number of carboxylic acid groups (broad SMARTS) is 1. The second-order valence-corrected chi connectivity index (χ2v) is 7.95. The van der Waals surface area contributed by atoms with E-state index in [0.29, 0.717) is 17.5 Å². The second-order valence-electron chi connectivity index (χ2n) is 7.95. The van der Waals surface area contributed by atoms with Crippen molar-refractivity contribution in [2.75, 3.05) is 0 Å². The molecule has 1 heterocycles. The summed E-state index contributed by atoms with van der Waals surface area (Å²) in [5.74, 6) is -1.01. The zero-order valence-corrected chi connectivity index (χ0v) is 14.9. The molecule has 0 radical (unpaired) electrons. The van der Waals surface area contributed by atoms with Crippen molar-refractivity contribution in [2.45, 2.75) is 89.8 Å². The number of nitrogens with one attached hydrogen (secondary N) is 1. The summed E-state index contributed by atoms with van der Waals surface area (Å²) in [4.78, 5) is 11.1. The van der Waals surface area contributed by atoms with Crippen molar-refractivity contribution in [3.05, 3.63) is 11.9 Å². The maximum absolute atomic E-state index is 11.1. The molecular weight excluding hydrogens is 304 g/mol. The van der Waals surface area contributed by atoms with Crippen molar-refractivity contribution in [3.8, 4) is 0 Å². The average molecular weight is 334 g/mol. The molecule has 0 spiro atoms. The first-order valence-corrected chi connectivity index (χ1v) is 9.42. The maximum atomic E-state index is 11.1. The Kier molecular flexibility index (Phi) is 5.23. The fourth-order valence-corrected chi connectivity index (χ4v) is 4.30. The lowest BCUT2D eigenvalue weighted by atomic mass is 9.72. The minimum atomic E-state index is -1.01. The maximum Gasteiger partial charge on any atom is 0.358 e. The van der Waals surface area contributed by atoms with Crippen LogP contribution >= 0.6 is 0 Å². The van der Waals surface area contributed by atoms with Gasteiger partial charge in [-0.05, 0) is 43.9 Å². The van der Waals surface area contributed by atoms with E-state index in [1.54, 1.807) is 10.9 Å². The second kappa shape index (κ2) is 7.21. The van der Waals surface area contributed by atoms with Crippen LogP contribution in [-0.4, -0.2) is 38.2 Å². The van der Waals surface area contributed by atoms with Crippen LogP contribution in [0.1, 0.15) is 88.2 Å². The molecule has 2 aliphatic carbocycles. The summed E-state index contributed by atoms with van der Waals surface area (Å²) in [6.07, 6.45) is 12.5. The minimum absolute atomic E-state index is 0.0377.